The molecule has 0 radical (unpaired) electrons. The van der Waals surface area contributed by atoms with E-state index in [1.54, 1.807) is 0 Å². The zero-order chi connectivity index (χ0) is 21.9. The summed E-state index contributed by atoms with van der Waals surface area (Å²) in [4.78, 5) is 28.2. The van der Waals surface area contributed by atoms with Gasteiger partial charge in [0.2, 0.25) is 5.91 Å². The second-order valence-electron chi connectivity index (χ2n) is 9.42. The average molecular weight is 430 g/mol. The Morgan fingerprint density at radius 3 is 2.31 bits per heavy atom. The molecule has 4 heteroatoms. The summed E-state index contributed by atoms with van der Waals surface area (Å²) in [6.45, 7) is 0.234. The first kappa shape index (κ1) is 21.0. The first-order chi connectivity index (χ1) is 15.7. The maximum atomic E-state index is 13.9. The Morgan fingerprint density at radius 1 is 0.938 bits per heavy atom. The summed E-state index contributed by atoms with van der Waals surface area (Å²) >= 11 is 0. The van der Waals surface area contributed by atoms with Crippen LogP contribution in [0.25, 0.3) is 0 Å². The molecule has 3 atom stereocenters. The highest BCUT2D eigenvalue weighted by Crippen LogP contribution is 2.41. The van der Waals surface area contributed by atoms with E-state index in [0.717, 1.165) is 36.8 Å². The maximum absolute atomic E-state index is 13.9. The number of cyclic esters (lactones) is 1. The number of fused-ring (bicyclic) bond motifs is 2. The van der Waals surface area contributed by atoms with Crippen LogP contribution in [0.1, 0.15) is 62.0 Å². The predicted molar refractivity (Wildman–Crippen MR) is 124 cm³/mol. The Morgan fingerprint density at radius 2 is 1.62 bits per heavy atom. The number of hydrogen-bond acceptors (Lipinski definition) is 3. The van der Waals surface area contributed by atoms with E-state index in [0.29, 0.717) is 5.92 Å². The van der Waals surface area contributed by atoms with E-state index >= 15 is 0 Å². The van der Waals surface area contributed by atoms with Crippen molar-refractivity contribution in [2.75, 3.05) is 6.61 Å². The number of benzene rings is 2. The molecule has 1 saturated heterocycles. The minimum absolute atomic E-state index is 0.0461. The van der Waals surface area contributed by atoms with Gasteiger partial charge in [-0.2, -0.15) is 0 Å². The van der Waals surface area contributed by atoms with Crippen molar-refractivity contribution >= 4 is 12.0 Å². The molecule has 32 heavy (non-hydrogen) atoms. The molecule has 2 aromatic rings. The van der Waals surface area contributed by atoms with Gasteiger partial charge in [0, 0.05) is 11.8 Å². The first-order valence-corrected chi connectivity index (χ1v) is 12.0. The summed E-state index contributed by atoms with van der Waals surface area (Å²) in [5.41, 5.74) is 3.69. The van der Waals surface area contributed by atoms with E-state index in [2.05, 4.69) is 30.3 Å². The number of amides is 2. The van der Waals surface area contributed by atoms with Crippen LogP contribution in [0.5, 0.6) is 0 Å². The number of ether oxygens (including phenoxy) is 1. The lowest BCUT2D eigenvalue weighted by Gasteiger charge is -2.36. The van der Waals surface area contributed by atoms with Crippen molar-refractivity contribution in [1.82, 2.24) is 4.90 Å². The van der Waals surface area contributed by atoms with Crippen molar-refractivity contribution in [2.24, 2.45) is 11.8 Å². The van der Waals surface area contributed by atoms with Crippen molar-refractivity contribution in [3.05, 3.63) is 83.4 Å². The van der Waals surface area contributed by atoms with Gasteiger partial charge in [0.05, 0.1) is 6.04 Å². The van der Waals surface area contributed by atoms with Crippen molar-refractivity contribution in [1.29, 1.82) is 0 Å². The fourth-order valence-corrected chi connectivity index (χ4v) is 5.86. The van der Waals surface area contributed by atoms with E-state index in [9.17, 15) is 9.59 Å². The number of nitrogens with zero attached hydrogens (tertiary/aromatic N) is 1. The molecule has 2 aromatic carbocycles. The zero-order valence-electron chi connectivity index (χ0n) is 18.5. The largest absolute Gasteiger partial charge is 0.447 e. The van der Waals surface area contributed by atoms with Crippen LogP contribution in [0.2, 0.25) is 0 Å². The van der Waals surface area contributed by atoms with Gasteiger partial charge in [-0.3, -0.25) is 4.79 Å². The third-order valence-corrected chi connectivity index (χ3v) is 7.49. The minimum atomic E-state index is -0.488. The zero-order valence-corrected chi connectivity index (χ0v) is 18.5. The monoisotopic (exact) mass is 429 g/mol. The second kappa shape index (κ2) is 9.32. The summed E-state index contributed by atoms with van der Waals surface area (Å²) in [6, 6.07) is 20.0. The molecule has 2 aliphatic carbocycles. The second-order valence-corrected chi connectivity index (χ2v) is 9.42. The molecule has 1 saturated carbocycles. The molecule has 5 rings (SSSR count). The Balaban J connectivity index is 1.48. The summed E-state index contributed by atoms with van der Waals surface area (Å²) in [5, 5.41) is 0. The van der Waals surface area contributed by atoms with Crippen LogP contribution in [0.15, 0.2) is 72.3 Å². The molecule has 0 spiro atoms. The van der Waals surface area contributed by atoms with Crippen LogP contribution in [0.4, 0.5) is 4.79 Å². The van der Waals surface area contributed by atoms with E-state index < -0.39 is 6.09 Å². The summed E-state index contributed by atoms with van der Waals surface area (Å²) in [5.74, 6) is 0.0519. The van der Waals surface area contributed by atoms with E-state index in [-0.39, 0.29) is 30.4 Å². The molecular formula is C28H31NO3. The summed E-state index contributed by atoms with van der Waals surface area (Å²) in [6.07, 6.45) is 9.43. The van der Waals surface area contributed by atoms with Crippen LogP contribution < -0.4 is 0 Å². The van der Waals surface area contributed by atoms with Crippen LogP contribution in [-0.2, 0) is 9.53 Å². The fraction of sp³-hybridized carbons (Fsp3) is 0.429. The van der Waals surface area contributed by atoms with Gasteiger partial charge in [0.25, 0.3) is 0 Å². The number of carbonyl (C=O) groups excluding carboxylic acids is 2. The molecular weight excluding hydrogens is 398 g/mol. The Labute approximate surface area is 190 Å². The fourth-order valence-electron chi connectivity index (χ4n) is 5.86. The molecule has 2 bridgehead atoms. The Kier molecular flexibility index (Phi) is 6.11. The van der Waals surface area contributed by atoms with Crippen molar-refractivity contribution < 1.29 is 14.3 Å². The Hall–Kier alpha value is -2.88. The predicted octanol–water partition coefficient (Wildman–Crippen LogP) is 6.08. The van der Waals surface area contributed by atoms with Crippen LogP contribution in [0, 0.1) is 11.8 Å². The van der Waals surface area contributed by atoms with E-state index in [1.165, 1.54) is 29.7 Å². The highest BCUT2D eigenvalue weighted by Gasteiger charge is 2.47. The van der Waals surface area contributed by atoms with Crippen molar-refractivity contribution in [3.8, 4) is 0 Å². The number of hydrogen-bond donors (Lipinski definition) is 0. The maximum Gasteiger partial charge on any atom is 0.417 e. The van der Waals surface area contributed by atoms with Crippen molar-refractivity contribution in [2.45, 2.75) is 56.9 Å². The normalized spacial score (nSPS) is 25.7. The van der Waals surface area contributed by atoms with E-state index in [1.807, 2.05) is 36.4 Å². The van der Waals surface area contributed by atoms with Crippen LogP contribution in [0.3, 0.4) is 0 Å². The molecule has 166 valence electrons. The van der Waals surface area contributed by atoms with Gasteiger partial charge in [-0.15, -0.1) is 0 Å². The topological polar surface area (TPSA) is 46.6 Å². The average Bonchev–Trinajstić information content (AvgIpc) is 3.19. The third-order valence-electron chi connectivity index (χ3n) is 7.49. The standard InChI is InChI=1S/C28H31NO3/c30-27(24-17-16-20-10-4-1-9-15-23(24)18-20)29-25(19-32-28(29)31)26(21-11-5-2-6-12-21)22-13-7-3-8-14-22/h2-3,5-8,11-14,16,23-26H,1,4,9-10,15,17-19H2/t23-,24?,25+/m1/s1. The number of rotatable bonds is 4. The van der Waals surface area contributed by atoms with E-state index in [4.69, 9.17) is 4.74 Å². The molecule has 0 N–H and O–H groups in total. The minimum Gasteiger partial charge on any atom is -0.447 e. The van der Waals surface area contributed by atoms with Gasteiger partial charge in [-0.05, 0) is 49.1 Å². The molecule has 1 unspecified atom stereocenters. The lowest BCUT2D eigenvalue weighted by Crippen LogP contribution is -2.47. The molecule has 2 amide bonds. The lowest BCUT2D eigenvalue weighted by atomic mass is 9.73. The highest BCUT2D eigenvalue weighted by molar-refractivity contribution is 5.95. The summed E-state index contributed by atoms with van der Waals surface area (Å²) < 4.78 is 5.51. The van der Waals surface area contributed by atoms with Crippen LogP contribution >= 0.6 is 0 Å². The first-order valence-electron chi connectivity index (χ1n) is 12.0. The summed E-state index contributed by atoms with van der Waals surface area (Å²) in [7, 11) is 0. The Bertz CT molecular complexity index is 945. The number of carbonyl (C=O) groups is 2. The van der Waals surface area contributed by atoms with Gasteiger partial charge in [0.1, 0.15) is 6.61 Å². The third kappa shape index (κ3) is 4.11. The highest BCUT2D eigenvalue weighted by atomic mass is 16.6. The van der Waals surface area contributed by atoms with Gasteiger partial charge in [-0.1, -0.05) is 85.2 Å². The number of allylic oxidation sites excluding steroid dienone is 2. The van der Waals surface area contributed by atoms with Gasteiger partial charge >= 0.3 is 6.09 Å². The molecule has 3 aliphatic rings. The quantitative estimate of drug-likeness (QED) is 0.553. The van der Waals surface area contributed by atoms with Crippen molar-refractivity contribution in [3.63, 3.8) is 0 Å². The molecule has 2 fully saturated rings. The lowest BCUT2D eigenvalue weighted by molar-refractivity contribution is -0.135. The van der Waals surface area contributed by atoms with Gasteiger partial charge in [0.15, 0.2) is 0 Å². The van der Waals surface area contributed by atoms with Gasteiger partial charge in [-0.25, -0.2) is 9.69 Å². The number of imide groups is 1. The smallest absolute Gasteiger partial charge is 0.417 e. The molecule has 4 nitrogen and oxygen atoms in total. The van der Waals surface area contributed by atoms with Gasteiger partial charge < -0.3 is 4.74 Å². The molecule has 0 aromatic heterocycles. The molecule has 1 heterocycles. The molecule has 1 aliphatic heterocycles. The van der Waals surface area contributed by atoms with Crippen LogP contribution in [-0.4, -0.2) is 29.5 Å². The SMILES string of the molecule is O=C1OC[C@@H](C(c2ccccc2)c2ccccc2)N1C(=O)C1CC=C2CCCCC[C@@H]1C2.